The largest absolute Gasteiger partial charge is 0.493 e. The lowest BCUT2D eigenvalue weighted by Gasteiger charge is -2.11. The summed E-state index contributed by atoms with van der Waals surface area (Å²) in [5.74, 6) is 1.39. The predicted molar refractivity (Wildman–Crippen MR) is 101 cm³/mol. The van der Waals surface area contributed by atoms with Crippen LogP contribution in [0.25, 0.3) is 0 Å². The molecule has 0 bridgehead atoms. The van der Waals surface area contributed by atoms with Gasteiger partial charge in [-0.3, -0.25) is 5.43 Å². The number of rotatable bonds is 7. The Morgan fingerprint density at radius 2 is 1.60 bits per heavy atom. The van der Waals surface area contributed by atoms with Crippen molar-refractivity contribution in [2.75, 3.05) is 12.5 Å². The van der Waals surface area contributed by atoms with Crippen LogP contribution in [0.15, 0.2) is 84.0 Å². The summed E-state index contributed by atoms with van der Waals surface area (Å²) in [6.45, 7) is 0.500. The molecule has 4 heteroatoms. The fraction of sp³-hybridized carbons (Fsp3) is 0.0952. The molecule has 0 spiro atoms. The Hall–Kier alpha value is -3.27. The zero-order valence-electron chi connectivity index (χ0n) is 14.1. The van der Waals surface area contributed by atoms with Gasteiger partial charge in [0.2, 0.25) is 0 Å². The molecule has 0 fully saturated rings. The van der Waals surface area contributed by atoms with Gasteiger partial charge in [-0.2, -0.15) is 5.10 Å². The van der Waals surface area contributed by atoms with Gasteiger partial charge in [-0.25, -0.2) is 0 Å². The fourth-order valence-electron chi connectivity index (χ4n) is 2.31. The third kappa shape index (κ3) is 4.85. The summed E-state index contributed by atoms with van der Waals surface area (Å²) in [7, 11) is 1.63. The molecule has 0 heterocycles. The van der Waals surface area contributed by atoms with E-state index in [0.717, 1.165) is 16.8 Å². The molecule has 4 nitrogen and oxygen atoms in total. The summed E-state index contributed by atoms with van der Waals surface area (Å²) in [4.78, 5) is 0. The first-order chi connectivity index (χ1) is 12.3. The molecular weight excluding hydrogens is 312 g/mol. The summed E-state index contributed by atoms with van der Waals surface area (Å²) < 4.78 is 11.3. The Balaban J connectivity index is 1.64. The van der Waals surface area contributed by atoms with Crippen LogP contribution in [0.1, 0.15) is 11.1 Å². The van der Waals surface area contributed by atoms with E-state index in [1.165, 1.54) is 0 Å². The Morgan fingerprint density at radius 1 is 0.880 bits per heavy atom. The van der Waals surface area contributed by atoms with Gasteiger partial charge in [-0.05, 0) is 41.5 Å². The third-order valence-electron chi connectivity index (χ3n) is 3.61. The van der Waals surface area contributed by atoms with E-state index in [4.69, 9.17) is 9.47 Å². The normalized spacial score (nSPS) is 10.6. The fourth-order valence-corrected chi connectivity index (χ4v) is 2.31. The van der Waals surface area contributed by atoms with Crippen molar-refractivity contribution >= 4 is 11.9 Å². The number of nitrogens with one attached hydrogen (secondary N) is 1. The molecule has 0 saturated heterocycles. The Labute approximate surface area is 147 Å². The third-order valence-corrected chi connectivity index (χ3v) is 3.61. The summed E-state index contributed by atoms with van der Waals surface area (Å²) in [5.41, 5.74) is 5.96. The Bertz CT molecular complexity index is 818. The van der Waals surface area contributed by atoms with Gasteiger partial charge in [0, 0.05) is 0 Å². The SMILES string of the molecule is COc1cc(/C=N\Nc2ccccc2)ccc1OCc1ccccc1. The van der Waals surface area contributed by atoms with Crippen LogP contribution in [0.5, 0.6) is 11.5 Å². The minimum absolute atomic E-state index is 0.500. The van der Waals surface area contributed by atoms with E-state index in [-0.39, 0.29) is 0 Å². The Morgan fingerprint density at radius 3 is 2.32 bits per heavy atom. The summed E-state index contributed by atoms with van der Waals surface area (Å²) in [5, 5.41) is 4.24. The number of nitrogens with zero attached hydrogens (tertiary/aromatic N) is 1. The van der Waals surface area contributed by atoms with Crippen LogP contribution in [0.2, 0.25) is 0 Å². The van der Waals surface area contributed by atoms with Crippen molar-refractivity contribution in [2.24, 2.45) is 5.10 Å². The first-order valence-corrected chi connectivity index (χ1v) is 8.04. The molecule has 3 aromatic rings. The lowest BCUT2D eigenvalue weighted by atomic mass is 10.2. The van der Waals surface area contributed by atoms with Crippen molar-refractivity contribution in [3.8, 4) is 11.5 Å². The average molecular weight is 332 g/mol. The van der Waals surface area contributed by atoms with Crippen molar-refractivity contribution in [1.29, 1.82) is 0 Å². The van der Waals surface area contributed by atoms with Crippen molar-refractivity contribution < 1.29 is 9.47 Å². The zero-order chi connectivity index (χ0) is 17.3. The van der Waals surface area contributed by atoms with Gasteiger partial charge in [-0.1, -0.05) is 48.5 Å². The van der Waals surface area contributed by atoms with Crippen LogP contribution in [0.3, 0.4) is 0 Å². The Kier molecular flexibility index (Phi) is 5.67. The average Bonchev–Trinajstić information content (AvgIpc) is 2.68. The highest BCUT2D eigenvalue weighted by Gasteiger charge is 2.05. The molecule has 25 heavy (non-hydrogen) atoms. The van der Waals surface area contributed by atoms with Gasteiger partial charge in [-0.15, -0.1) is 0 Å². The minimum atomic E-state index is 0.500. The molecule has 0 saturated carbocycles. The molecule has 3 rings (SSSR count). The maximum absolute atomic E-state index is 5.86. The number of para-hydroxylation sites is 1. The lowest BCUT2D eigenvalue weighted by molar-refractivity contribution is 0.284. The van der Waals surface area contributed by atoms with Crippen molar-refractivity contribution in [3.63, 3.8) is 0 Å². The highest BCUT2D eigenvalue weighted by atomic mass is 16.5. The standard InChI is InChI=1S/C21H20N2O2/c1-24-21-14-18(15-22-23-19-10-6-3-7-11-19)12-13-20(21)25-16-17-8-4-2-5-9-17/h2-15,23H,16H2,1H3/b22-15-. The number of benzene rings is 3. The van der Waals surface area contributed by atoms with E-state index in [0.29, 0.717) is 18.1 Å². The first-order valence-electron chi connectivity index (χ1n) is 8.04. The molecule has 3 aromatic carbocycles. The lowest BCUT2D eigenvalue weighted by Crippen LogP contribution is -1.98. The van der Waals surface area contributed by atoms with Gasteiger partial charge in [0.15, 0.2) is 11.5 Å². The van der Waals surface area contributed by atoms with Crippen LogP contribution in [0, 0.1) is 0 Å². The van der Waals surface area contributed by atoms with E-state index in [9.17, 15) is 0 Å². The highest BCUT2D eigenvalue weighted by molar-refractivity contribution is 5.81. The minimum Gasteiger partial charge on any atom is -0.493 e. The van der Waals surface area contributed by atoms with Gasteiger partial charge in [0.25, 0.3) is 0 Å². The number of methoxy groups -OCH3 is 1. The molecule has 126 valence electrons. The summed E-state index contributed by atoms with van der Waals surface area (Å²) in [6, 6.07) is 25.6. The number of hydrogen-bond acceptors (Lipinski definition) is 4. The smallest absolute Gasteiger partial charge is 0.161 e. The number of ether oxygens (including phenoxy) is 2. The summed E-state index contributed by atoms with van der Waals surface area (Å²) >= 11 is 0. The predicted octanol–water partition coefficient (Wildman–Crippen LogP) is 4.72. The summed E-state index contributed by atoms with van der Waals surface area (Å²) in [6.07, 6.45) is 1.75. The van der Waals surface area contributed by atoms with E-state index < -0.39 is 0 Å². The van der Waals surface area contributed by atoms with Crippen molar-refractivity contribution in [3.05, 3.63) is 90.0 Å². The van der Waals surface area contributed by atoms with E-state index in [1.54, 1.807) is 13.3 Å². The molecule has 0 aromatic heterocycles. The van der Waals surface area contributed by atoms with Crippen molar-refractivity contribution in [1.82, 2.24) is 0 Å². The molecule has 0 aliphatic rings. The first kappa shape index (κ1) is 16.6. The van der Waals surface area contributed by atoms with E-state index >= 15 is 0 Å². The van der Waals surface area contributed by atoms with Crippen LogP contribution in [-0.4, -0.2) is 13.3 Å². The second kappa shape index (κ2) is 8.55. The van der Waals surface area contributed by atoms with Crippen LogP contribution >= 0.6 is 0 Å². The van der Waals surface area contributed by atoms with Gasteiger partial charge in [0.1, 0.15) is 6.61 Å². The molecule has 0 aliphatic heterocycles. The van der Waals surface area contributed by atoms with E-state index in [1.807, 2.05) is 78.9 Å². The topological polar surface area (TPSA) is 42.8 Å². The zero-order valence-corrected chi connectivity index (χ0v) is 14.1. The quantitative estimate of drug-likeness (QED) is 0.503. The molecule has 0 radical (unpaired) electrons. The maximum Gasteiger partial charge on any atom is 0.161 e. The maximum atomic E-state index is 5.86. The highest BCUT2D eigenvalue weighted by Crippen LogP contribution is 2.28. The van der Waals surface area contributed by atoms with Crippen LogP contribution in [0.4, 0.5) is 5.69 Å². The molecule has 1 N–H and O–H groups in total. The van der Waals surface area contributed by atoms with Gasteiger partial charge in [0.05, 0.1) is 19.0 Å². The second-order valence-electron chi connectivity index (χ2n) is 5.42. The molecule has 0 amide bonds. The number of anilines is 1. The molecular formula is C21H20N2O2. The molecule has 0 atom stereocenters. The number of hydrazone groups is 1. The second-order valence-corrected chi connectivity index (χ2v) is 5.42. The van der Waals surface area contributed by atoms with Gasteiger partial charge < -0.3 is 9.47 Å². The number of hydrogen-bond donors (Lipinski definition) is 1. The molecule has 0 unspecified atom stereocenters. The van der Waals surface area contributed by atoms with Crippen LogP contribution in [-0.2, 0) is 6.61 Å². The van der Waals surface area contributed by atoms with Crippen LogP contribution < -0.4 is 14.9 Å². The molecule has 0 aliphatic carbocycles. The monoisotopic (exact) mass is 332 g/mol. The van der Waals surface area contributed by atoms with Crippen molar-refractivity contribution in [2.45, 2.75) is 6.61 Å². The van der Waals surface area contributed by atoms with Gasteiger partial charge >= 0.3 is 0 Å². The van der Waals surface area contributed by atoms with E-state index in [2.05, 4.69) is 10.5 Å².